The molecule has 0 aliphatic rings. The Morgan fingerprint density at radius 2 is 2.29 bits per heavy atom. The predicted molar refractivity (Wildman–Crippen MR) is 61.0 cm³/mol. The van der Waals surface area contributed by atoms with E-state index in [4.69, 9.17) is 4.74 Å². The molecule has 2 nitrogen and oxygen atoms in total. The minimum Gasteiger partial charge on any atom is -0.504 e. The van der Waals surface area contributed by atoms with Crippen molar-refractivity contribution in [1.82, 2.24) is 0 Å². The number of benzene rings is 1. The predicted octanol–water partition coefficient (Wildman–Crippen LogP) is 3.20. The maximum atomic E-state index is 9.83. The molecule has 0 fully saturated rings. The molecule has 14 heavy (non-hydrogen) atoms. The molecule has 0 amide bonds. The molecule has 0 spiro atoms. The second kappa shape index (κ2) is 4.51. The summed E-state index contributed by atoms with van der Waals surface area (Å²) in [5.41, 5.74) is 1.71. The molecule has 0 saturated heterocycles. The lowest BCUT2D eigenvalue weighted by molar-refractivity contribution is 0.368. The topological polar surface area (TPSA) is 29.5 Å². The van der Waals surface area contributed by atoms with E-state index in [0.29, 0.717) is 12.2 Å². The first-order valence-corrected chi connectivity index (χ1v) is 5.07. The Bertz CT molecular complexity index is 359. The Morgan fingerprint density at radius 1 is 1.64 bits per heavy atom. The first-order chi connectivity index (χ1) is 6.61. The molecule has 1 aromatic carbocycles. The van der Waals surface area contributed by atoms with Crippen molar-refractivity contribution in [2.45, 2.75) is 13.3 Å². The van der Waals surface area contributed by atoms with E-state index in [-0.39, 0.29) is 5.75 Å². The minimum absolute atomic E-state index is 0.202. The summed E-state index contributed by atoms with van der Waals surface area (Å²) in [7, 11) is 1.55. The zero-order valence-electron chi connectivity index (χ0n) is 8.30. The van der Waals surface area contributed by atoms with Crippen LogP contribution in [0, 0.1) is 6.92 Å². The Kier molecular flexibility index (Phi) is 3.58. The van der Waals surface area contributed by atoms with Crippen LogP contribution in [0.4, 0.5) is 0 Å². The van der Waals surface area contributed by atoms with Gasteiger partial charge < -0.3 is 9.84 Å². The fourth-order valence-electron chi connectivity index (χ4n) is 1.32. The van der Waals surface area contributed by atoms with Gasteiger partial charge in [-0.05, 0) is 19.4 Å². The van der Waals surface area contributed by atoms with E-state index >= 15 is 0 Å². The van der Waals surface area contributed by atoms with E-state index in [9.17, 15) is 5.11 Å². The van der Waals surface area contributed by atoms with Gasteiger partial charge in [-0.25, -0.2) is 0 Å². The van der Waals surface area contributed by atoms with Crippen LogP contribution in [0.2, 0.25) is 0 Å². The normalized spacial score (nSPS) is 9.93. The van der Waals surface area contributed by atoms with Crippen LogP contribution in [0.15, 0.2) is 23.2 Å². The van der Waals surface area contributed by atoms with Gasteiger partial charge in [0.1, 0.15) is 0 Å². The largest absolute Gasteiger partial charge is 0.504 e. The highest BCUT2D eigenvalue weighted by Crippen LogP contribution is 2.38. The maximum Gasteiger partial charge on any atom is 0.164 e. The molecular formula is C11H13BrO2. The number of phenols is 1. The van der Waals surface area contributed by atoms with Crippen LogP contribution in [0.1, 0.15) is 11.1 Å². The smallest absolute Gasteiger partial charge is 0.164 e. The number of allylic oxidation sites excluding steroid dienone is 1. The molecule has 0 aliphatic carbocycles. The number of rotatable bonds is 3. The molecule has 0 saturated carbocycles. The fraction of sp³-hybridized carbons (Fsp3) is 0.273. The van der Waals surface area contributed by atoms with Crippen molar-refractivity contribution in [2.75, 3.05) is 7.11 Å². The van der Waals surface area contributed by atoms with Gasteiger partial charge in [0.2, 0.25) is 0 Å². The van der Waals surface area contributed by atoms with Crippen LogP contribution in [-0.4, -0.2) is 12.2 Å². The summed E-state index contributed by atoms with van der Waals surface area (Å²) in [5, 5.41) is 9.83. The van der Waals surface area contributed by atoms with Gasteiger partial charge in [0.25, 0.3) is 0 Å². The molecule has 0 aliphatic heterocycles. The SMILES string of the molecule is C=CCc1cc(Br)c(C)c(OC)c1O. The van der Waals surface area contributed by atoms with Crippen molar-refractivity contribution >= 4 is 15.9 Å². The molecule has 76 valence electrons. The Morgan fingerprint density at radius 3 is 2.79 bits per heavy atom. The highest BCUT2D eigenvalue weighted by molar-refractivity contribution is 9.10. The van der Waals surface area contributed by atoms with E-state index < -0.39 is 0 Å². The van der Waals surface area contributed by atoms with Gasteiger partial charge in [-0.3, -0.25) is 0 Å². The summed E-state index contributed by atoms with van der Waals surface area (Å²) in [6.45, 7) is 5.53. The van der Waals surface area contributed by atoms with Gasteiger partial charge in [0.05, 0.1) is 7.11 Å². The lowest BCUT2D eigenvalue weighted by Crippen LogP contribution is -1.93. The fourth-order valence-corrected chi connectivity index (χ4v) is 1.78. The van der Waals surface area contributed by atoms with E-state index in [1.165, 1.54) is 0 Å². The molecule has 0 heterocycles. The van der Waals surface area contributed by atoms with E-state index in [1.807, 2.05) is 13.0 Å². The molecule has 1 aromatic rings. The summed E-state index contributed by atoms with van der Waals surface area (Å²) < 4.78 is 6.06. The highest BCUT2D eigenvalue weighted by atomic mass is 79.9. The molecule has 0 atom stereocenters. The van der Waals surface area contributed by atoms with E-state index in [1.54, 1.807) is 13.2 Å². The third-order valence-electron chi connectivity index (χ3n) is 2.09. The lowest BCUT2D eigenvalue weighted by atomic mass is 10.1. The van der Waals surface area contributed by atoms with Crippen LogP contribution in [-0.2, 0) is 6.42 Å². The monoisotopic (exact) mass is 256 g/mol. The van der Waals surface area contributed by atoms with Gasteiger partial charge in [-0.1, -0.05) is 22.0 Å². The maximum absolute atomic E-state index is 9.83. The number of hydrogen-bond donors (Lipinski definition) is 1. The summed E-state index contributed by atoms with van der Waals surface area (Å²) in [4.78, 5) is 0. The number of hydrogen-bond acceptors (Lipinski definition) is 2. The van der Waals surface area contributed by atoms with Crippen molar-refractivity contribution in [3.05, 3.63) is 34.3 Å². The van der Waals surface area contributed by atoms with Crippen LogP contribution >= 0.6 is 15.9 Å². The highest BCUT2D eigenvalue weighted by Gasteiger charge is 2.13. The van der Waals surface area contributed by atoms with Crippen molar-refractivity contribution in [2.24, 2.45) is 0 Å². The Hall–Kier alpha value is -0.960. The van der Waals surface area contributed by atoms with Gasteiger partial charge in [0.15, 0.2) is 11.5 Å². The summed E-state index contributed by atoms with van der Waals surface area (Å²) in [5.74, 6) is 0.726. The number of methoxy groups -OCH3 is 1. The van der Waals surface area contributed by atoms with Crippen molar-refractivity contribution in [3.63, 3.8) is 0 Å². The molecule has 0 radical (unpaired) electrons. The minimum atomic E-state index is 0.202. The Labute approximate surface area is 92.3 Å². The number of phenolic OH excluding ortho intramolecular Hbond substituents is 1. The summed E-state index contributed by atoms with van der Waals surface area (Å²) >= 11 is 3.42. The zero-order valence-corrected chi connectivity index (χ0v) is 9.89. The van der Waals surface area contributed by atoms with E-state index in [0.717, 1.165) is 15.6 Å². The molecule has 0 aromatic heterocycles. The van der Waals surface area contributed by atoms with Gasteiger partial charge >= 0.3 is 0 Å². The average molecular weight is 257 g/mol. The molecule has 1 rings (SSSR count). The number of aromatic hydroxyl groups is 1. The third kappa shape index (κ3) is 1.93. The van der Waals surface area contributed by atoms with Crippen LogP contribution < -0.4 is 4.74 Å². The zero-order chi connectivity index (χ0) is 10.7. The second-order valence-electron chi connectivity index (χ2n) is 3.02. The third-order valence-corrected chi connectivity index (χ3v) is 2.91. The van der Waals surface area contributed by atoms with Gasteiger partial charge in [0, 0.05) is 15.6 Å². The van der Waals surface area contributed by atoms with Gasteiger partial charge in [-0.15, -0.1) is 6.58 Å². The Balaban J connectivity index is 3.34. The summed E-state index contributed by atoms with van der Waals surface area (Å²) in [6, 6.07) is 1.88. The quantitative estimate of drug-likeness (QED) is 0.842. The standard InChI is InChI=1S/C11H13BrO2/c1-4-5-8-6-9(12)7(2)11(14-3)10(8)13/h4,6,13H,1,5H2,2-3H3. The molecule has 0 bridgehead atoms. The first kappa shape index (κ1) is 11.1. The molecule has 3 heteroatoms. The van der Waals surface area contributed by atoms with Crippen molar-refractivity contribution in [1.29, 1.82) is 0 Å². The number of halogens is 1. The van der Waals surface area contributed by atoms with Crippen LogP contribution in [0.25, 0.3) is 0 Å². The van der Waals surface area contributed by atoms with Crippen molar-refractivity contribution in [3.8, 4) is 11.5 Å². The van der Waals surface area contributed by atoms with Crippen molar-refractivity contribution < 1.29 is 9.84 Å². The molecule has 1 N–H and O–H groups in total. The molecule has 0 unspecified atom stereocenters. The lowest BCUT2D eigenvalue weighted by Gasteiger charge is -2.12. The van der Waals surface area contributed by atoms with E-state index in [2.05, 4.69) is 22.5 Å². The molecular weight excluding hydrogens is 244 g/mol. The second-order valence-corrected chi connectivity index (χ2v) is 3.87. The summed E-state index contributed by atoms with van der Waals surface area (Å²) in [6.07, 6.45) is 2.37. The average Bonchev–Trinajstić information content (AvgIpc) is 2.16. The first-order valence-electron chi connectivity index (χ1n) is 4.27. The van der Waals surface area contributed by atoms with Gasteiger partial charge in [-0.2, -0.15) is 0 Å². The number of ether oxygens (including phenoxy) is 1. The van der Waals surface area contributed by atoms with Crippen LogP contribution in [0.3, 0.4) is 0 Å². The van der Waals surface area contributed by atoms with Crippen LogP contribution in [0.5, 0.6) is 11.5 Å².